The van der Waals surface area contributed by atoms with Crippen LogP contribution in [0.5, 0.6) is 5.75 Å². The van der Waals surface area contributed by atoms with E-state index >= 15 is 0 Å². The van der Waals surface area contributed by atoms with E-state index in [0.29, 0.717) is 17.7 Å². The summed E-state index contributed by atoms with van der Waals surface area (Å²) in [6.45, 7) is 3.77. The van der Waals surface area contributed by atoms with Gasteiger partial charge in [0.05, 0.1) is 7.11 Å². The number of halogens is 1. The topological polar surface area (TPSA) is 29.5 Å². The van der Waals surface area contributed by atoms with Crippen LogP contribution in [0.2, 0.25) is 0 Å². The van der Waals surface area contributed by atoms with Crippen LogP contribution in [0.15, 0.2) is 55.1 Å². The second kappa shape index (κ2) is 5.54. The molecule has 0 N–H and O–H groups in total. The van der Waals surface area contributed by atoms with Gasteiger partial charge < -0.3 is 9.64 Å². The molecule has 0 fully saturated rings. The average Bonchev–Trinajstić information content (AvgIpc) is 2.78. The molecule has 0 aliphatic carbocycles. The molecule has 3 rings (SSSR count). The number of ether oxygens (including phenoxy) is 1. The van der Waals surface area contributed by atoms with Crippen molar-refractivity contribution in [2.45, 2.75) is 11.8 Å². The van der Waals surface area contributed by atoms with Gasteiger partial charge in [-0.2, -0.15) is 0 Å². The number of anilines is 1. The predicted octanol–water partition coefficient (Wildman–Crippen LogP) is 3.67. The molecule has 1 heterocycles. The highest BCUT2D eigenvalue weighted by Crippen LogP contribution is 2.49. The third-order valence-electron chi connectivity index (χ3n) is 4.48. The second-order valence-electron chi connectivity index (χ2n) is 5.63. The molecule has 1 unspecified atom stereocenters. The molecule has 2 aromatic rings. The van der Waals surface area contributed by atoms with Gasteiger partial charge in [0, 0.05) is 18.3 Å². The van der Waals surface area contributed by atoms with Gasteiger partial charge in [-0.15, -0.1) is 6.58 Å². The summed E-state index contributed by atoms with van der Waals surface area (Å²) in [6, 6.07) is 11.9. The lowest BCUT2D eigenvalue weighted by Crippen LogP contribution is -2.40. The monoisotopic (exact) mass is 311 g/mol. The highest BCUT2D eigenvalue weighted by molar-refractivity contribution is 6.10. The van der Waals surface area contributed by atoms with Gasteiger partial charge in [-0.1, -0.05) is 24.3 Å². The van der Waals surface area contributed by atoms with E-state index in [2.05, 4.69) is 6.58 Å². The van der Waals surface area contributed by atoms with Crippen LogP contribution in [-0.2, 0) is 10.2 Å². The van der Waals surface area contributed by atoms with Gasteiger partial charge >= 0.3 is 0 Å². The van der Waals surface area contributed by atoms with Crippen LogP contribution in [0.4, 0.5) is 10.1 Å². The van der Waals surface area contributed by atoms with Crippen molar-refractivity contribution in [1.29, 1.82) is 0 Å². The van der Waals surface area contributed by atoms with E-state index in [-0.39, 0.29) is 5.91 Å². The number of allylic oxidation sites excluding steroid dienone is 1. The molecule has 2 aromatic carbocycles. The van der Waals surface area contributed by atoms with E-state index in [4.69, 9.17) is 4.74 Å². The fourth-order valence-corrected chi connectivity index (χ4v) is 3.38. The zero-order valence-electron chi connectivity index (χ0n) is 13.2. The Bertz CT molecular complexity index is 787. The Kier molecular flexibility index (Phi) is 3.68. The van der Waals surface area contributed by atoms with Gasteiger partial charge in [0.15, 0.2) is 0 Å². The van der Waals surface area contributed by atoms with E-state index in [1.54, 1.807) is 49.4 Å². The van der Waals surface area contributed by atoms with Gasteiger partial charge in [-0.3, -0.25) is 4.79 Å². The van der Waals surface area contributed by atoms with Gasteiger partial charge in [0.1, 0.15) is 17.0 Å². The first-order chi connectivity index (χ1) is 11.1. The lowest BCUT2D eigenvalue weighted by atomic mass is 9.72. The zero-order valence-corrected chi connectivity index (χ0v) is 13.2. The second-order valence-corrected chi connectivity index (χ2v) is 5.63. The SMILES string of the molecule is C=CCC1(c2ccccc2F)C(=O)N(C)c2ccc(OC)cc21. The number of hydrogen-bond acceptors (Lipinski definition) is 2. The molecule has 4 heteroatoms. The number of benzene rings is 2. The molecule has 1 aliphatic heterocycles. The van der Waals surface area contributed by atoms with Crippen LogP contribution >= 0.6 is 0 Å². The van der Waals surface area contributed by atoms with Crippen molar-refractivity contribution in [2.24, 2.45) is 0 Å². The number of hydrogen-bond donors (Lipinski definition) is 0. The minimum atomic E-state index is -1.11. The van der Waals surface area contributed by atoms with Gasteiger partial charge in [-0.05, 0) is 36.2 Å². The van der Waals surface area contributed by atoms with Crippen LogP contribution in [0.3, 0.4) is 0 Å². The van der Waals surface area contributed by atoms with Crippen LogP contribution in [0, 0.1) is 5.82 Å². The zero-order chi connectivity index (χ0) is 16.6. The van der Waals surface area contributed by atoms with E-state index in [1.165, 1.54) is 6.07 Å². The fourth-order valence-electron chi connectivity index (χ4n) is 3.38. The molecule has 0 saturated heterocycles. The van der Waals surface area contributed by atoms with Gasteiger partial charge in [0.25, 0.3) is 0 Å². The number of carbonyl (C=O) groups is 1. The maximum absolute atomic E-state index is 14.6. The number of nitrogens with zero attached hydrogens (tertiary/aromatic N) is 1. The lowest BCUT2D eigenvalue weighted by Gasteiger charge is -2.28. The molecule has 3 nitrogen and oxygen atoms in total. The van der Waals surface area contributed by atoms with E-state index in [1.807, 2.05) is 12.1 Å². The standard InChI is InChI=1S/C19H18FNO2/c1-4-11-19(14-7-5-6-8-16(14)20)15-12-13(23-3)9-10-17(15)21(2)18(19)22/h4-10,12H,1,11H2,2-3H3. The molecular weight excluding hydrogens is 293 g/mol. The maximum Gasteiger partial charge on any atom is 0.242 e. The third kappa shape index (κ3) is 2.05. The highest BCUT2D eigenvalue weighted by atomic mass is 19.1. The first kappa shape index (κ1) is 15.3. The number of amides is 1. The minimum Gasteiger partial charge on any atom is -0.497 e. The molecule has 23 heavy (non-hydrogen) atoms. The first-order valence-electron chi connectivity index (χ1n) is 7.39. The van der Waals surface area contributed by atoms with Crippen molar-refractivity contribution >= 4 is 11.6 Å². The Morgan fingerprint density at radius 3 is 2.65 bits per heavy atom. The Morgan fingerprint density at radius 1 is 1.26 bits per heavy atom. The number of fused-ring (bicyclic) bond motifs is 1. The maximum atomic E-state index is 14.6. The van der Waals surface area contributed by atoms with Crippen molar-refractivity contribution in [1.82, 2.24) is 0 Å². The quantitative estimate of drug-likeness (QED) is 0.806. The number of carbonyl (C=O) groups excluding carboxylic acids is 1. The summed E-state index contributed by atoms with van der Waals surface area (Å²) in [5, 5.41) is 0. The van der Waals surface area contributed by atoms with Gasteiger partial charge in [0.2, 0.25) is 5.91 Å². The van der Waals surface area contributed by atoms with Crippen molar-refractivity contribution in [3.05, 3.63) is 72.1 Å². The van der Waals surface area contributed by atoms with Crippen molar-refractivity contribution in [3.63, 3.8) is 0 Å². The van der Waals surface area contributed by atoms with Crippen LogP contribution in [0.25, 0.3) is 0 Å². The molecule has 118 valence electrons. The molecular formula is C19H18FNO2. The average molecular weight is 311 g/mol. The summed E-state index contributed by atoms with van der Waals surface area (Å²) >= 11 is 0. The molecule has 1 aliphatic rings. The summed E-state index contributed by atoms with van der Waals surface area (Å²) in [4.78, 5) is 14.7. The Labute approximate surface area is 135 Å². The number of rotatable bonds is 4. The lowest BCUT2D eigenvalue weighted by molar-refractivity contribution is -0.121. The summed E-state index contributed by atoms with van der Waals surface area (Å²) in [5.41, 5.74) is 0.769. The van der Waals surface area contributed by atoms with Crippen LogP contribution in [0.1, 0.15) is 17.5 Å². The molecule has 1 atom stereocenters. The van der Waals surface area contributed by atoms with E-state index < -0.39 is 11.2 Å². The molecule has 0 spiro atoms. The summed E-state index contributed by atoms with van der Waals surface area (Å²) in [7, 11) is 3.28. The normalized spacial score (nSPS) is 19.6. The molecule has 1 amide bonds. The van der Waals surface area contributed by atoms with E-state index in [0.717, 1.165) is 11.3 Å². The Hall–Kier alpha value is -2.62. The Balaban J connectivity index is 2.36. The number of likely N-dealkylation sites (N-methyl/N-ethyl adjacent to an activating group) is 1. The van der Waals surface area contributed by atoms with Crippen molar-refractivity contribution in [3.8, 4) is 5.75 Å². The summed E-state index contributed by atoms with van der Waals surface area (Å²) in [5.74, 6) is 0.0779. The highest BCUT2D eigenvalue weighted by Gasteiger charge is 2.51. The smallest absolute Gasteiger partial charge is 0.242 e. The summed E-state index contributed by atoms with van der Waals surface area (Å²) < 4.78 is 19.8. The predicted molar refractivity (Wildman–Crippen MR) is 88.4 cm³/mol. The third-order valence-corrected chi connectivity index (χ3v) is 4.48. The molecule has 0 bridgehead atoms. The fraction of sp³-hybridized carbons (Fsp3) is 0.211. The molecule has 0 radical (unpaired) electrons. The van der Waals surface area contributed by atoms with Crippen LogP contribution < -0.4 is 9.64 Å². The van der Waals surface area contributed by atoms with E-state index in [9.17, 15) is 9.18 Å². The van der Waals surface area contributed by atoms with Crippen molar-refractivity contribution < 1.29 is 13.9 Å². The van der Waals surface area contributed by atoms with Crippen molar-refractivity contribution in [2.75, 3.05) is 19.1 Å². The molecule has 0 saturated carbocycles. The Morgan fingerprint density at radius 2 is 2.00 bits per heavy atom. The molecule has 0 aromatic heterocycles. The first-order valence-corrected chi connectivity index (χ1v) is 7.39. The van der Waals surface area contributed by atoms with Gasteiger partial charge in [-0.25, -0.2) is 4.39 Å². The largest absolute Gasteiger partial charge is 0.497 e. The number of methoxy groups -OCH3 is 1. The van der Waals surface area contributed by atoms with Crippen LogP contribution in [-0.4, -0.2) is 20.1 Å². The minimum absolute atomic E-state index is 0.161. The summed E-state index contributed by atoms with van der Waals surface area (Å²) in [6.07, 6.45) is 1.98.